The molecule has 2 atom stereocenters. The van der Waals surface area contributed by atoms with Crippen LogP contribution in [0.25, 0.3) is 0 Å². The molecule has 31 heavy (non-hydrogen) atoms. The lowest BCUT2D eigenvalue weighted by Gasteiger charge is -2.39. The van der Waals surface area contributed by atoms with Crippen molar-refractivity contribution >= 4 is 11.8 Å². The van der Waals surface area contributed by atoms with Gasteiger partial charge >= 0.3 is 0 Å². The predicted molar refractivity (Wildman–Crippen MR) is 114 cm³/mol. The number of carbonyl (C=O) groups excluding carboxylic acids is 2. The van der Waals surface area contributed by atoms with Crippen LogP contribution >= 0.6 is 0 Å². The highest BCUT2D eigenvalue weighted by Gasteiger charge is 2.27. The zero-order valence-corrected chi connectivity index (χ0v) is 18.4. The number of hydrogen-bond acceptors (Lipinski definition) is 4. The minimum absolute atomic E-state index is 0.0919. The maximum Gasteiger partial charge on any atom is 0.254 e. The summed E-state index contributed by atoms with van der Waals surface area (Å²) in [5, 5.41) is 2.59. The van der Waals surface area contributed by atoms with Crippen LogP contribution in [0.3, 0.4) is 0 Å². The lowest BCUT2D eigenvalue weighted by Crippen LogP contribution is -2.48. The number of carbonyl (C=O) groups is 2. The molecule has 0 saturated carbocycles. The van der Waals surface area contributed by atoms with Gasteiger partial charge in [-0.25, -0.2) is 8.78 Å². The Morgan fingerprint density at radius 1 is 1.13 bits per heavy atom. The zero-order valence-electron chi connectivity index (χ0n) is 18.4. The quantitative estimate of drug-likeness (QED) is 0.667. The molecule has 3 rings (SSSR count). The van der Waals surface area contributed by atoms with E-state index in [2.05, 4.69) is 24.1 Å². The average Bonchev–Trinajstić information content (AvgIpc) is 2.70. The van der Waals surface area contributed by atoms with E-state index in [1.807, 2.05) is 4.90 Å². The Bertz CT molecular complexity index is 758. The molecule has 0 aliphatic carbocycles. The van der Waals surface area contributed by atoms with E-state index < -0.39 is 17.5 Å². The molecule has 2 unspecified atom stereocenters. The van der Waals surface area contributed by atoms with Crippen molar-refractivity contribution in [2.24, 2.45) is 5.92 Å². The number of nitrogens with zero attached hydrogens (tertiary/aromatic N) is 2. The van der Waals surface area contributed by atoms with Gasteiger partial charge in [0.1, 0.15) is 11.6 Å². The topological polar surface area (TPSA) is 61.9 Å². The van der Waals surface area contributed by atoms with Crippen LogP contribution in [0, 0.1) is 17.6 Å². The lowest BCUT2D eigenvalue weighted by molar-refractivity contribution is -0.132. The minimum atomic E-state index is -0.891. The number of ether oxygens (including phenoxy) is 1. The van der Waals surface area contributed by atoms with E-state index in [9.17, 15) is 18.4 Å². The first-order chi connectivity index (χ1) is 14.8. The van der Waals surface area contributed by atoms with Crippen molar-refractivity contribution in [3.63, 3.8) is 0 Å². The number of rotatable bonds is 7. The van der Waals surface area contributed by atoms with Crippen molar-refractivity contribution in [1.29, 1.82) is 0 Å². The van der Waals surface area contributed by atoms with Crippen LogP contribution in [0.15, 0.2) is 18.2 Å². The Hall–Kier alpha value is -2.06. The molecule has 8 heteroatoms. The van der Waals surface area contributed by atoms with Crippen molar-refractivity contribution in [1.82, 2.24) is 15.1 Å². The van der Waals surface area contributed by atoms with Crippen molar-refractivity contribution in [3.8, 4) is 0 Å². The van der Waals surface area contributed by atoms with Gasteiger partial charge in [-0.2, -0.15) is 0 Å². The van der Waals surface area contributed by atoms with Gasteiger partial charge in [-0.1, -0.05) is 0 Å². The molecular weight excluding hydrogens is 404 g/mol. The molecule has 2 heterocycles. The fraction of sp³-hybridized carbons (Fsp3) is 0.652. The highest BCUT2D eigenvalue weighted by atomic mass is 19.1. The first-order valence-corrected chi connectivity index (χ1v) is 11.2. The molecule has 2 amide bonds. The summed E-state index contributed by atoms with van der Waals surface area (Å²) >= 11 is 0. The Morgan fingerprint density at radius 3 is 2.45 bits per heavy atom. The molecule has 0 bridgehead atoms. The number of amides is 2. The zero-order chi connectivity index (χ0) is 22.4. The van der Waals surface area contributed by atoms with E-state index in [1.165, 1.54) is 0 Å². The molecule has 2 aliphatic rings. The summed E-state index contributed by atoms with van der Waals surface area (Å²) < 4.78 is 32.4. The number of halogens is 2. The smallest absolute Gasteiger partial charge is 0.254 e. The van der Waals surface area contributed by atoms with Crippen LogP contribution < -0.4 is 5.32 Å². The molecule has 1 N–H and O–H groups in total. The van der Waals surface area contributed by atoms with Gasteiger partial charge in [0.2, 0.25) is 5.91 Å². The lowest BCUT2D eigenvalue weighted by atomic mass is 9.95. The molecule has 0 radical (unpaired) electrons. The van der Waals surface area contributed by atoms with Crippen LogP contribution in [-0.2, 0) is 9.53 Å². The largest absolute Gasteiger partial charge is 0.373 e. The van der Waals surface area contributed by atoms with E-state index in [-0.39, 0.29) is 30.2 Å². The molecule has 0 aromatic heterocycles. The summed E-state index contributed by atoms with van der Waals surface area (Å²) in [6.45, 7) is 9.04. The second kappa shape index (κ2) is 11.0. The SMILES string of the molecule is CC1CN(CC2CCN(C(=O)CCCNC(=O)c3ccc(F)cc3F)CC2)CC(C)O1. The monoisotopic (exact) mass is 437 g/mol. The fourth-order valence-corrected chi connectivity index (χ4v) is 4.53. The van der Waals surface area contributed by atoms with E-state index in [0.29, 0.717) is 24.8 Å². The van der Waals surface area contributed by atoms with Gasteiger partial charge < -0.3 is 15.0 Å². The summed E-state index contributed by atoms with van der Waals surface area (Å²) in [4.78, 5) is 28.8. The number of piperidine rings is 1. The van der Waals surface area contributed by atoms with Crippen LogP contribution in [0.2, 0.25) is 0 Å². The number of hydrogen-bond donors (Lipinski definition) is 1. The minimum Gasteiger partial charge on any atom is -0.373 e. The fourth-order valence-electron chi connectivity index (χ4n) is 4.53. The van der Waals surface area contributed by atoms with Crippen LogP contribution in [-0.4, -0.2) is 73.1 Å². The third-order valence-corrected chi connectivity index (χ3v) is 6.01. The van der Waals surface area contributed by atoms with Crippen molar-refractivity contribution in [2.75, 3.05) is 39.3 Å². The van der Waals surface area contributed by atoms with Gasteiger partial charge in [-0.05, 0) is 51.2 Å². The predicted octanol–water partition coefficient (Wildman–Crippen LogP) is 2.82. The van der Waals surface area contributed by atoms with E-state index in [1.54, 1.807) is 0 Å². The van der Waals surface area contributed by atoms with Crippen LogP contribution in [0.5, 0.6) is 0 Å². The van der Waals surface area contributed by atoms with Crippen molar-refractivity contribution in [2.45, 2.75) is 51.7 Å². The van der Waals surface area contributed by atoms with E-state index in [4.69, 9.17) is 4.74 Å². The molecule has 2 fully saturated rings. The first-order valence-electron chi connectivity index (χ1n) is 11.2. The van der Waals surface area contributed by atoms with Gasteiger partial charge in [0.25, 0.3) is 5.91 Å². The van der Waals surface area contributed by atoms with Gasteiger partial charge in [0.05, 0.1) is 17.8 Å². The normalized spacial score (nSPS) is 23.0. The Morgan fingerprint density at radius 2 is 1.81 bits per heavy atom. The summed E-state index contributed by atoms with van der Waals surface area (Å²) in [6, 6.07) is 2.85. The van der Waals surface area contributed by atoms with Gasteiger partial charge in [0.15, 0.2) is 0 Å². The maximum absolute atomic E-state index is 13.6. The van der Waals surface area contributed by atoms with Crippen LogP contribution in [0.1, 0.15) is 49.9 Å². The average molecular weight is 438 g/mol. The Balaban J connectivity index is 1.32. The standard InChI is InChI=1S/C23H33F2N3O3/c1-16-13-27(14-17(2)31-16)15-18-7-10-28(11-8-18)22(29)4-3-9-26-23(30)20-6-5-19(24)12-21(20)25/h5-6,12,16-18H,3-4,7-11,13-15H2,1-2H3,(H,26,30). The molecule has 2 saturated heterocycles. The maximum atomic E-state index is 13.6. The van der Waals surface area contributed by atoms with Crippen molar-refractivity contribution in [3.05, 3.63) is 35.4 Å². The Kier molecular flexibility index (Phi) is 8.37. The molecule has 1 aromatic carbocycles. The molecule has 2 aliphatic heterocycles. The number of likely N-dealkylation sites (tertiary alicyclic amines) is 1. The summed E-state index contributed by atoms with van der Waals surface area (Å²) in [5.74, 6) is -1.52. The summed E-state index contributed by atoms with van der Waals surface area (Å²) in [5.41, 5.74) is -0.196. The highest BCUT2D eigenvalue weighted by Crippen LogP contribution is 2.21. The number of morpholine rings is 1. The Labute approximate surface area is 182 Å². The third kappa shape index (κ3) is 6.97. The summed E-state index contributed by atoms with van der Waals surface area (Å²) in [7, 11) is 0. The van der Waals surface area contributed by atoms with Gasteiger partial charge in [-0.3, -0.25) is 14.5 Å². The van der Waals surface area contributed by atoms with E-state index >= 15 is 0 Å². The molecule has 0 spiro atoms. The van der Waals surface area contributed by atoms with Gasteiger partial charge in [0, 0.05) is 51.8 Å². The van der Waals surface area contributed by atoms with Crippen molar-refractivity contribution < 1.29 is 23.1 Å². The highest BCUT2D eigenvalue weighted by molar-refractivity contribution is 5.94. The molecule has 1 aromatic rings. The van der Waals surface area contributed by atoms with Gasteiger partial charge in [-0.15, -0.1) is 0 Å². The number of nitrogens with one attached hydrogen (secondary N) is 1. The molecular formula is C23H33F2N3O3. The second-order valence-corrected chi connectivity index (χ2v) is 8.78. The molecule has 6 nitrogen and oxygen atoms in total. The van der Waals surface area contributed by atoms with E-state index in [0.717, 1.165) is 57.7 Å². The summed E-state index contributed by atoms with van der Waals surface area (Å²) in [6.07, 6.45) is 3.38. The number of benzene rings is 1. The van der Waals surface area contributed by atoms with Crippen LogP contribution in [0.4, 0.5) is 8.78 Å². The second-order valence-electron chi connectivity index (χ2n) is 8.78. The molecule has 172 valence electrons. The first kappa shape index (κ1) is 23.6. The third-order valence-electron chi connectivity index (χ3n) is 6.01.